The molecule has 2 heterocycles. The zero-order valence-electron chi connectivity index (χ0n) is 15.2. The summed E-state index contributed by atoms with van der Waals surface area (Å²) >= 11 is 0. The minimum absolute atomic E-state index is 0.183. The van der Waals surface area contributed by atoms with E-state index in [2.05, 4.69) is 10.1 Å². The van der Waals surface area contributed by atoms with Gasteiger partial charge in [0.15, 0.2) is 5.78 Å². The zero-order valence-corrected chi connectivity index (χ0v) is 15.2. The van der Waals surface area contributed by atoms with Crippen molar-refractivity contribution in [2.24, 2.45) is 0 Å². The predicted octanol–water partition coefficient (Wildman–Crippen LogP) is 3.76. The summed E-state index contributed by atoms with van der Waals surface area (Å²) in [5.74, 6) is 0.784. The summed E-state index contributed by atoms with van der Waals surface area (Å²) in [7, 11) is 1.59. The molecule has 138 valence electrons. The van der Waals surface area contributed by atoms with Gasteiger partial charge in [-0.2, -0.15) is 5.10 Å². The van der Waals surface area contributed by atoms with E-state index in [-0.39, 0.29) is 11.6 Å². The standard InChI is InChI=1S/C22H18N4O2/c1-28-19-9-3-8-18(12-19)26-22(23)20(14-25-26)21(27)16-6-2-5-15(11-16)17-7-4-10-24-13-17/h2-14H,23H2,1H3. The van der Waals surface area contributed by atoms with Crippen molar-refractivity contribution in [3.8, 4) is 22.6 Å². The molecule has 0 saturated heterocycles. The average molecular weight is 370 g/mol. The number of methoxy groups -OCH3 is 1. The van der Waals surface area contributed by atoms with Crippen LogP contribution in [0.4, 0.5) is 5.82 Å². The van der Waals surface area contributed by atoms with Crippen molar-refractivity contribution in [3.63, 3.8) is 0 Å². The summed E-state index contributed by atoms with van der Waals surface area (Å²) in [6.45, 7) is 0. The minimum Gasteiger partial charge on any atom is -0.497 e. The topological polar surface area (TPSA) is 83.0 Å². The van der Waals surface area contributed by atoms with Crippen molar-refractivity contribution in [3.05, 3.63) is 90.4 Å². The number of hydrogen-bond acceptors (Lipinski definition) is 5. The number of carbonyl (C=O) groups is 1. The van der Waals surface area contributed by atoms with E-state index >= 15 is 0 Å². The highest BCUT2D eigenvalue weighted by Gasteiger charge is 2.18. The molecule has 0 atom stereocenters. The molecule has 4 rings (SSSR count). The SMILES string of the molecule is COc1cccc(-n2ncc(C(=O)c3cccc(-c4cccnc4)c3)c2N)c1. The van der Waals surface area contributed by atoms with Gasteiger partial charge in [0.05, 0.1) is 24.6 Å². The first-order valence-corrected chi connectivity index (χ1v) is 8.70. The third kappa shape index (κ3) is 3.23. The van der Waals surface area contributed by atoms with Crippen molar-refractivity contribution < 1.29 is 9.53 Å². The highest BCUT2D eigenvalue weighted by Crippen LogP contribution is 2.25. The van der Waals surface area contributed by atoms with Gasteiger partial charge in [0.25, 0.3) is 0 Å². The van der Waals surface area contributed by atoms with Crippen molar-refractivity contribution in [2.75, 3.05) is 12.8 Å². The fraction of sp³-hybridized carbons (Fsp3) is 0.0455. The van der Waals surface area contributed by atoms with Gasteiger partial charge >= 0.3 is 0 Å². The molecule has 0 aliphatic carbocycles. The number of anilines is 1. The van der Waals surface area contributed by atoms with E-state index < -0.39 is 0 Å². The number of benzene rings is 2. The maximum absolute atomic E-state index is 13.0. The van der Waals surface area contributed by atoms with E-state index in [1.807, 2.05) is 48.5 Å². The zero-order chi connectivity index (χ0) is 19.5. The number of pyridine rings is 1. The van der Waals surface area contributed by atoms with E-state index in [0.29, 0.717) is 16.9 Å². The summed E-state index contributed by atoms with van der Waals surface area (Å²) in [6, 6.07) is 18.5. The molecule has 0 saturated carbocycles. The van der Waals surface area contributed by atoms with Gasteiger partial charge in [-0.3, -0.25) is 9.78 Å². The molecule has 0 unspecified atom stereocenters. The molecule has 0 fully saturated rings. The first kappa shape index (κ1) is 17.5. The fourth-order valence-corrected chi connectivity index (χ4v) is 3.01. The number of nitrogens with zero attached hydrogens (tertiary/aromatic N) is 3. The Morgan fingerprint density at radius 1 is 1.00 bits per heavy atom. The molecule has 2 aromatic heterocycles. The van der Waals surface area contributed by atoms with Gasteiger partial charge in [0, 0.05) is 29.6 Å². The normalized spacial score (nSPS) is 10.6. The highest BCUT2D eigenvalue weighted by atomic mass is 16.5. The number of aromatic nitrogens is 3. The molecule has 2 aromatic carbocycles. The van der Waals surface area contributed by atoms with Crippen LogP contribution in [-0.2, 0) is 0 Å². The molecular weight excluding hydrogens is 352 g/mol. The summed E-state index contributed by atoms with van der Waals surface area (Å²) in [4.78, 5) is 17.2. The summed E-state index contributed by atoms with van der Waals surface area (Å²) in [5.41, 5.74) is 9.71. The Morgan fingerprint density at radius 2 is 1.82 bits per heavy atom. The van der Waals surface area contributed by atoms with Crippen LogP contribution in [-0.4, -0.2) is 27.7 Å². The van der Waals surface area contributed by atoms with E-state index in [0.717, 1.165) is 16.8 Å². The predicted molar refractivity (Wildman–Crippen MR) is 108 cm³/mol. The molecule has 4 aromatic rings. The summed E-state index contributed by atoms with van der Waals surface area (Å²) < 4.78 is 6.77. The van der Waals surface area contributed by atoms with Crippen molar-refractivity contribution in [1.29, 1.82) is 0 Å². The molecule has 0 spiro atoms. The Bertz CT molecular complexity index is 1140. The van der Waals surface area contributed by atoms with Gasteiger partial charge in [-0.05, 0) is 29.8 Å². The number of carbonyl (C=O) groups excluding carboxylic acids is 1. The van der Waals surface area contributed by atoms with Crippen LogP contribution in [0.1, 0.15) is 15.9 Å². The summed E-state index contributed by atoms with van der Waals surface area (Å²) in [5, 5.41) is 4.29. The Balaban J connectivity index is 1.69. The number of hydrogen-bond donors (Lipinski definition) is 1. The first-order valence-electron chi connectivity index (χ1n) is 8.70. The number of nitrogen functional groups attached to an aromatic ring is 1. The van der Waals surface area contributed by atoms with Crippen LogP contribution >= 0.6 is 0 Å². The van der Waals surface area contributed by atoms with Crippen LogP contribution in [0.3, 0.4) is 0 Å². The van der Waals surface area contributed by atoms with E-state index in [4.69, 9.17) is 10.5 Å². The number of rotatable bonds is 5. The Kier molecular flexibility index (Phi) is 4.60. The number of ketones is 1. The molecule has 6 heteroatoms. The molecule has 0 bridgehead atoms. The van der Waals surface area contributed by atoms with Crippen LogP contribution in [0, 0.1) is 0 Å². The quantitative estimate of drug-likeness (QED) is 0.541. The van der Waals surface area contributed by atoms with Crippen LogP contribution in [0.5, 0.6) is 5.75 Å². The lowest BCUT2D eigenvalue weighted by molar-refractivity contribution is 0.103. The van der Waals surface area contributed by atoms with Crippen molar-refractivity contribution in [2.45, 2.75) is 0 Å². The third-order valence-electron chi connectivity index (χ3n) is 4.47. The first-order chi connectivity index (χ1) is 13.7. The number of ether oxygens (including phenoxy) is 1. The van der Waals surface area contributed by atoms with Crippen molar-refractivity contribution in [1.82, 2.24) is 14.8 Å². The minimum atomic E-state index is -0.183. The van der Waals surface area contributed by atoms with Gasteiger partial charge in [0.2, 0.25) is 0 Å². The second-order valence-electron chi connectivity index (χ2n) is 6.21. The Morgan fingerprint density at radius 3 is 2.61 bits per heavy atom. The summed E-state index contributed by atoms with van der Waals surface area (Å²) in [6.07, 6.45) is 4.97. The van der Waals surface area contributed by atoms with Gasteiger partial charge in [0.1, 0.15) is 11.6 Å². The van der Waals surface area contributed by atoms with Gasteiger partial charge in [-0.1, -0.05) is 30.3 Å². The fourth-order valence-electron chi connectivity index (χ4n) is 3.01. The van der Waals surface area contributed by atoms with Gasteiger partial charge < -0.3 is 10.5 Å². The maximum atomic E-state index is 13.0. The molecule has 0 aliphatic rings. The largest absolute Gasteiger partial charge is 0.497 e. The monoisotopic (exact) mass is 370 g/mol. The molecule has 0 radical (unpaired) electrons. The molecule has 0 aliphatic heterocycles. The molecule has 6 nitrogen and oxygen atoms in total. The van der Waals surface area contributed by atoms with Crippen LogP contribution in [0.2, 0.25) is 0 Å². The Hall–Kier alpha value is -3.93. The lowest BCUT2D eigenvalue weighted by Crippen LogP contribution is -2.07. The lowest BCUT2D eigenvalue weighted by Gasteiger charge is -2.07. The smallest absolute Gasteiger partial charge is 0.198 e. The average Bonchev–Trinajstić information content (AvgIpc) is 3.15. The molecule has 0 amide bonds. The van der Waals surface area contributed by atoms with Crippen molar-refractivity contribution >= 4 is 11.6 Å². The van der Waals surface area contributed by atoms with E-state index in [1.165, 1.54) is 10.9 Å². The molecular formula is C22H18N4O2. The third-order valence-corrected chi connectivity index (χ3v) is 4.47. The molecule has 28 heavy (non-hydrogen) atoms. The number of nitrogens with two attached hydrogens (primary N) is 1. The second kappa shape index (κ2) is 7.36. The second-order valence-corrected chi connectivity index (χ2v) is 6.21. The van der Waals surface area contributed by atoms with Crippen LogP contribution < -0.4 is 10.5 Å². The van der Waals surface area contributed by atoms with Crippen LogP contribution in [0.15, 0.2) is 79.3 Å². The van der Waals surface area contributed by atoms with E-state index in [1.54, 1.807) is 31.6 Å². The van der Waals surface area contributed by atoms with Crippen LogP contribution in [0.25, 0.3) is 16.8 Å². The lowest BCUT2D eigenvalue weighted by atomic mass is 10.00. The molecule has 2 N–H and O–H groups in total. The maximum Gasteiger partial charge on any atom is 0.198 e. The highest BCUT2D eigenvalue weighted by molar-refractivity contribution is 6.12. The van der Waals surface area contributed by atoms with Gasteiger partial charge in [-0.15, -0.1) is 0 Å². The Labute approximate surface area is 162 Å². The van der Waals surface area contributed by atoms with Gasteiger partial charge in [-0.25, -0.2) is 4.68 Å². The van der Waals surface area contributed by atoms with E-state index in [9.17, 15) is 4.79 Å².